The summed E-state index contributed by atoms with van der Waals surface area (Å²) < 4.78 is 49.0. The largest absolute Gasteiger partial charge is 0.280 e. The molecule has 1 heterocycles. The van der Waals surface area contributed by atoms with E-state index in [2.05, 4.69) is 5.10 Å². The van der Waals surface area contributed by atoms with Gasteiger partial charge in [0.2, 0.25) is 0 Å². The van der Waals surface area contributed by atoms with Crippen molar-refractivity contribution >= 4 is 21.4 Å². The van der Waals surface area contributed by atoms with Gasteiger partial charge in [-0.25, -0.2) is 17.2 Å². The molecular formula is C9H13ClF2N2O2S. The summed E-state index contributed by atoms with van der Waals surface area (Å²) in [7, 11) is -3.20. The maximum Gasteiger partial charge on any atom is 0.280 e. The van der Waals surface area contributed by atoms with Gasteiger partial charge in [-0.05, 0) is 0 Å². The first-order chi connectivity index (χ1) is 7.91. The van der Waals surface area contributed by atoms with Crippen LogP contribution in [0.5, 0.6) is 0 Å². The van der Waals surface area contributed by atoms with Gasteiger partial charge < -0.3 is 0 Å². The SMILES string of the molecule is CCS(=O)(=O)CCn1ncc(CCl)c1C(F)F. The van der Waals surface area contributed by atoms with Crippen LogP contribution < -0.4 is 0 Å². The molecule has 0 saturated carbocycles. The Hall–Kier alpha value is -0.690. The zero-order chi connectivity index (χ0) is 13.1. The predicted octanol–water partition coefficient (Wildman–Crippen LogP) is 1.99. The van der Waals surface area contributed by atoms with Gasteiger partial charge in [-0.2, -0.15) is 5.10 Å². The van der Waals surface area contributed by atoms with Gasteiger partial charge in [-0.15, -0.1) is 11.6 Å². The Balaban J connectivity index is 2.89. The molecular weight excluding hydrogens is 274 g/mol. The van der Waals surface area contributed by atoms with Crippen molar-refractivity contribution in [2.45, 2.75) is 25.8 Å². The van der Waals surface area contributed by atoms with Crippen molar-refractivity contribution in [1.82, 2.24) is 9.78 Å². The first kappa shape index (κ1) is 14.4. The summed E-state index contributed by atoms with van der Waals surface area (Å²) >= 11 is 5.50. The second kappa shape index (κ2) is 5.77. The molecule has 0 aliphatic carbocycles. The van der Waals surface area contributed by atoms with E-state index in [0.29, 0.717) is 0 Å². The van der Waals surface area contributed by atoms with Crippen LogP contribution in [0.15, 0.2) is 6.20 Å². The lowest BCUT2D eigenvalue weighted by molar-refractivity contribution is 0.138. The summed E-state index contributed by atoms with van der Waals surface area (Å²) in [5.74, 6) is -0.284. The number of halogens is 3. The van der Waals surface area contributed by atoms with Gasteiger partial charge in [-0.1, -0.05) is 6.92 Å². The first-order valence-electron chi connectivity index (χ1n) is 5.00. The lowest BCUT2D eigenvalue weighted by atomic mass is 10.3. The highest BCUT2D eigenvalue weighted by Crippen LogP contribution is 2.24. The molecule has 0 bridgehead atoms. The molecule has 0 N–H and O–H groups in total. The molecule has 0 radical (unpaired) electrons. The minimum Gasteiger partial charge on any atom is -0.262 e. The second-order valence-electron chi connectivity index (χ2n) is 3.45. The van der Waals surface area contributed by atoms with E-state index in [1.54, 1.807) is 0 Å². The van der Waals surface area contributed by atoms with E-state index in [4.69, 9.17) is 11.6 Å². The quantitative estimate of drug-likeness (QED) is 0.752. The Morgan fingerprint density at radius 3 is 2.65 bits per heavy atom. The molecule has 0 fully saturated rings. The average Bonchev–Trinajstić information content (AvgIpc) is 2.69. The number of hydrogen-bond donors (Lipinski definition) is 0. The number of aromatic nitrogens is 2. The second-order valence-corrected chi connectivity index (χ2v) is 6.19. The molecule has 8 heteroatoms. The molecule has 17 heavy (non-hydrogen) atoms. The summed E-state index contributed by atoms with van der Waals surface area (Å²) in [6.07, 6.45) is -1.47. The fraction of sp³-hybridized carbons (Fsp3) is 0.667. The third kappa shape index (κ3) is 3.64. The van der Waals surface area contributed by atoms with E-state index in [-0.39, 0.29) is 35.2 Å². The number of sulfone groups is 1. The first-order valence-corrected chi connectivity index (χ1v) is 7.36. The highest BCUT2D eigenvalue weighted by atomic mass is 35.5. The molecule has 1 aromatic rings. The number of aryl methyl sites for hydroxylation is 1. The van der Waals surface area contributed by atoms with Crippen LogP contribution in [0.25, 0.3) is 0 Å². The van der Waals surface area contributed by atoms with Crippen molar-refractivity contribution < 1.29 is 17.2 Å². The number of alkyl halides is 3. The van der Waals surface area contributed by atoms with Crippen LogP contribution in [-0.2, 0) is 22.3 Å². The predicted molar refractivity (Wildman–Crippen MR) is 61.1 cm³/mol. The van der Waals surface area contributed by atoms with Gasteiger partial charge in [-0.3, -0.25) is 4.68 Å². The molecule has 1 rings (SSSR count). The highest BCUT2D eigenvalue weighted by Gasteiger charge is 2.20. The maximum absolute atomic E-state index is 12.7. The van der Waals surface area contributed by atoms with Gasteiger partial charge in [0.05, 0.1) is 24.4 Å². The fourth-order valence-corrected chi connectivity index (χ4v) is 2.28. The normalized spacial score (nSPS) is 12.3. The average molecular weight is 287 g/mol. The van der Waals surface area contributed by atoms with E-state index in [0.717, 1.165) is 4.68 Å². The van der Waals surface area contributed by atoms with Gasteiger partial charge in [0.15, 0.2) is 9.84 Å². The monoisotopic (exact) mass is 286 g/mol. The zero-order valence-corrected chi connectivity index (χ0v) is 10.8. The molecule has 0 aliphatic rings. The summed E-state index contributed by atoms with van der Waals surface area (Å²) in [5, 5.41) is 3.73. The van der Waals surface area contributed by atoms with Crippen LogP contribution in [0.4, 0.5) is 8.78 Å². The molecule has 0 amide bonds. The third-order valence-electron chi connectivity index (χ3n) is 2.36. The molecule has 0 saturated heterocycles. The Kier molecular flexibility index (Phi) is 4.88. The lowest BCUT2D eigenvalue weighted by Crippen LogP contribution is -2.17. The summed E-state index contributed by atoms with van der Waals surface area (Å²) in [6.45, 7) is 1.43. The van der Waals surface area contributed by atoms with Crippen molar-refractivity contribution in [2.24, 2.45) is 0 Å². The standard InChI is InChI=1S/C9H13ClF2N2O2S/c1-2-17(15,16)4-3-14-8(9(11)12)7(5-10)6-13-14/h6,9H,2-5H2,1H3. The van der Waals surface area contributed by atoms with Gasteiger partial charge in [0, 0.05) is 11.3 Å². The molecule has 0 aromatic carbocycles. The number of nitrogens with zero attached hydrogens (tertiary/aromatic N) is 2. The van der Waals surface area contributed by atoms with Gasteiger partial charge >= 0.3 is 0 Å². The van der Waals surface area contributed by atoms with Crippen LogP contribution in [-0.4, -0.2) is 29.7 Å². The summed E-state index contributed by atoms with van der Waals surface area (Å²) in [6, 6.07) is 0. The van der Waals surface area contributed by atoms with Crippen LogP contribution in [0.3, 0.4) is 0 Å². The van der Waals surface area contributed by atoms with Crippen LogP contribution in [0.1, 0.15) is 24.6 Å². The van der Waals surface area contributed by atoms with E-state index < -0.39 is 16.3 Å². The highest BCUT2D eigenvalue weighted by molar-refractivity contribution is 7.91. The minimum atomic E-state index is -3.20. The molecule has 1 aromatic heterocycles. The molecule has 0 unspecified atom stereocenters. The van der Waals surface area contributed by atoms with Gasteiger partial charge in [0.25, 0.3) is 6.43 Å². The van der Waals surface area contributed by atoms with E-state index in [9.17, 15) is 17.2 Å². The molecule has 0 spiro atoms. The Bertz CT molecular complexity index is 473. The minimum absolute atomic E-state index is 0.0133. The number of hydrogen-bond acceptors (Lipinski definition) is 3. The van der Waals surface area contributed by atoms with Crippen LogP contribution >= 0.6 is 11.6 Å². The molecule has 0 aliphatic heterocycles. The third-order valence-corrected chi connectivity index (χ3v) is 4.34. The van der Waals surface area contributed by atoms with E-state index >= 15 is 0 Å². The van der Waals surface area contributed by atoms with Crippen molar-refractivity contribution in [3.63, 3.8) is 0 Å². The smallest absolute Gasteiger partial charge is 0.262 e. The van der Waals surface area contributed by atoms with Crippen molar-refractivity contribution in [3.8, 4) is 0 Å². The number of rotatable bonds is 6. The van der Waals surface area contributed by atoms with Crippen molar-refractivity contribution in [2.75, 3.05) is 11.5 Å². The van der Waals surface area contributed by atoms with Crippen molar-refractivity contribution in [3.05, 3.63) is 17.5 Å². The maximum atomic E-state index is 12.7. The van der Waals surface area contributed by atoms with Crippen molar-refractivity contribution in [1.29, 1.82) is 0 Å². The zero-order valence-electron chi connectivity index (χ0n) is 9.24. The van der Waals surface area contributed by atoms with E-state index in [1.807, 2.05) is 0 Å². The summed E-state index contributed by atoms with van der Waals surface area (Å²) in [5.41, 5.74) is -0.0677. The lowest BCUT2D eigenvalue weighted by Gasteiger charge is -2.08. The molecule has 4 nitrogen and oxygen atoms in total. The van der Waals surface area contributed by atoms with Crippen LogP contribution in [0, 0.1) is 0 Å². The Morgan fingerprint density at radius 1 is 1.53 bits per heavy atom. The Labute approximate surface area is 103 Å². The summed E-state index contributed by atoms with van der Waals surface area (Å²) in [4.78, 5) is 0. The molecule has 98 valence electrons. The van der Waals surface area contributed by atoms with E-state index in [1.165, 1.54) is 13.1 Å². The topological polar surface area (TPSA) is 52.0 Å². The van der Waals surface area contributed by atoms with Crippen LogP contribution in [0.2, 0.25) is 0 Å². The fourth-order valence-electron chi connectivity index (χ4n) is 1.34. The molecule has 0 atom stereocenters. The Morgan fingerprint density at radius 2 is 2.18 bits per heavy atom. The van der Waals surface area contributed by atoms with Gasteiger partial charge in [0.1, 0.15) is 5.69 Å².